The summed E-state index contributed by atoms with van der Waals surface area (Å²) >= 11 is 6.04. The van der Waals surface area contributed by atoms with E-state index in [0.29, 0.717) is 5.69 Å². The van der Waals surface area contributed by atoms with Crippen LogP contribution >= 0.6 is 11.6 Å². The molecule has 0 saturated heterocycles. The fourth-order valence-corrected chi connectivity index (χ4v) is 3.00. The number of aromatic nitrogens is 2. The van der Waals surface area contributed by atoms with E-state index in [1.807, 2.05) is 6.20 Å². The van der Waals surface area contributed by atoms with Crippen LogP contribution in [-0.4, -0.2) is 33.1 Å². The Hall–Kier alpha value is -2.54. The number of amides is 1. The highest BCUT2D eigenvalue weighted by Gasteiger charge is 2.15. The molecule has 7 nitrogen and oxygen atoms in total. The molecule has 2 heterocycles. The number of halogens is 1. The average molecular weight is 364 g/mol. The highest BCUT2D eigenvalue weighted by Crippen LogP contribution is 2.27. The summed E-state index contributed by atoms with van der Waals surface area (Å²) in [7, 11) is 0. The highest BCUT2D eigenvalue weighted by atomic mass is 35.5. The van der Waals surface area contributed by atoms with Crippen LogP contribution in [0, 0.1) is 0 Å². The Morgan fingerprint density at radius 1 is 1.36 bits per heavy atom. The maximum Gasteiger partial charge on any atom is 0.341 e. The van der Waals surface area contributed by atoms with Crippen molar-refractivity contribution in [3.63, 3.8) is 0 Å². The predicted molar refractivity (Wildman–Crippen MR) is 92.1 cm³/mol. The van der Waals surface area contributed by atoms with Crippen LogP contribution in [0.5, 0.6) is 5.75 Å². The molecule has 2 N–H and O–H groups in total. The van der Waals surface area contributed by atoms with Gasteiger partial charge in [-0.05, 0) is 31.0 Å². The number of benzene rings is 1. The van der Waals surface area contributed by atoms with Crippen molar-refractivity contribution >= 4 is 29.2 Å². The van der Waals surface area contributed by atoms with Gasteiger partial charge in [-0.15, -0.1) is 0 Å². The van der Waals surface area contributed by atoms with Gasteiger partial charge in [-0.25, -0.2) is 9.78 Å². The Balaban J connectivity index is 1.60. The number of nitrogens with one attached hydrogen (secondary N) is 1. The molecule has 0 bridgehead atoms. The predicted octanol–water partition coefficient (Wildman–Crippen LogP) is 2.52. The molecule has 132 valence electrons. The molecule has 0 radical (unpaired) electrons. The van der Waals surface area contributed by atoms with Crippen LogP contribution in [0.15, 0.2) is 24.4 Å². The quantitative estimate of drug-likeness (QED) is 0.822. The lowest BCUT2D eigenvalue weighted by atomic mass is 10.2. The molecule has 2 aromatic rings. The summed E-state index contributed by atoms with van der Waals surface area (Å²) in [6, 6.07) is 4.66. The first-order valence-corrected chi connectivity index (χ1v) is 8.38. The van der Waals surface area contributed by atoms with Crippen molar-refractivity contribution in [3.8, 4) is 5.75 Å². The Labute approximate surface area is 149 Å². The first kappa shape index (κ1) is 17.3. The summed E-state index contributed by atoms with van der Waals surface area (Å²) in [4.78, 5) is 27.2. The molecule has 0 aliphatic carbocycles. The highest BCUT2D eigenvalue weighted by molar-refractivity contribution is 6.32. The molecular formula is C17H18ClN3O4. The number of hydrogen-bond acceptors (Lipinski definition) is 4. The minimum absolute atomic E-state index is 0.189. The number of hydrogen-bond donors (Lipinski definition) is 2. The van der Waals surface area contributed by atoms with Crippen LogP contribution in [0.25, 0.3) is 0 Å². The van der Waals surface area contributed by atoms with Crippen LogP contribution in [0.1, 0.15) is 24.4 Å². The van der Waals surface area contributed by atoms with E-state index in [2.05, 4.69) is 14.9 Å². The number of carbonyl (C=O) groups is 2. The van der Waals surface area contributed by atoms with Gasteiger partial charge in [-0.3, -0.25) is 4.79 Å². The molecule has 3 rings (SSSR count). The molecule has 0 atom stereocenters. The number of aryl methyl sites for hydroxylation is 2. The van der Waals surface area contributed by atoms with Gasteiger partial charge in [0.2, 0.25) is 5.91 Å². The van der Waals surface area contributed by atoms with Crippen molar-refractivity contribution in [3.05, 3.63) is 40.9 Å². The first-order chi connectivity index (χ1) is 12.0. The van der Waals surface area contributed by atoms with Crippen LogP contribution in [0.2, 0.25) is 5.02 Å². The lowest BCUT2D eigenvalue weighted by molar-refractivity contribution is -0.139. The van der Waals surface area contributed by atoms with Crippen molar-refractivity contribution in [1.29, 1.82) is 0 Å². The second kappa shape index (κ2) is 7.57. The molecule has 0 fully saturated rings. The van der Waals surface area contributed by atoms with Gasteiger partial charge in [0, 0.05) is 24.8 Å². The molecule has 1 aliphatic heterocycles. The van der Waals surface area contributed by atoms with E-state index >= 15 is 0 Å². The van der Waals surface area contributed by atoms with Crippen molar-refractivity contribution in [2.45, 2.75) is 32.2 Å². The van der Waals surface area contributed by atoms with Crippen LogP contribution in [0.4, 0.5) is 5.69 Å². The topological polar surface area (TPSA) is 93.5 Å². The number of ether oxygens (including phenoxy) is 1. The third-order valence-corrected chi connectivity index (χ3v) is 4.16. The zero-order valence-electron chi connectivity index (χ0n) is 13.5. The van der Waals surface area contributed by atoms with Crippen molar-refractivity contribution < 1.29 is 19.4 Å². The molecule has 0 spiro atoms. The molecular weight excluding hydrogens is 346 g/mol. The molecule has 0 unspecified atom stereocenters. The summed E-state index contributed by atoms with van der Waals surface area (Å²) < 4.78 is 7.15. The number of fused-ring (bicyclic) bond motifs is 1. The van der Waals surface area contributed by atoms with Gasteiger partial charge in [0.25, 0.3) is 0 Å². The fourth-order valence-electron chi connectivity index (χ4n) is 2.76. The van der Waals surface area contributed by atoms with E-state index < -0.39 is 12.6 Å². The number of carboxylic acids is 1. The zero-order chi connectivity index (χ0) is 17.8. The van der Waals surface area contributed by atoms with Gasteiger partial charge < -0.3 is 19.7 Å². The van der Waals surface area contributed by atoms with E-state index in [1.165, 1.54) is 12.1 Å². The summed E-state index contributed by atoms with van der Waals surface area (Å²) in [5.41, 5.74) is 1.27. The first-order valence-electron chi connectivity index (χ1n) is 8.00. The minimum atomic E-state index is -1.09. The fraction of sp³-hybridized carbons (Fsp3) is 0.353. The maximum absolute atomic E-state index is 12.2. The monoisotopic (exact) mass is 363 g/mol. The summed E-state index contributed by atoms with van der Waals surface area (Å²) in [6.07, 6.45) is 5.36. The van der Waals surface area contributed by atoms with Crippen molar-refractivity contribution in [2.75, 3.05) is 11.9 Å². The number of rotatable bonds is 6. The molecule has 1 aliphatic rings. The summed E-state index contributed by atoms with van der Waals surface area (Å²) in [5.74, 6) is 0.0165. The lowest BCUT2D eigenvalue weighted by Crippen LogP contribution is -2.15. The largest absolute Gasteiger partial charge is 0.480 e. The van der Waals surface area contributed by atoms with Gasteiger partial charge >= 0.3 is 5.97 Å². The number of nitrogens with zero attached hydrogens (tertiary/aromatic N) is 2. The molecule has 0 saturated carbocycles. The number of anilines is 1. The van der Waals surface area contributed by atoms with Gasteiger partial charge in [0.1, 0.15) is 11.6 Å². The molecule has 1 amide bonds. The zero-order valence-corrected chi connectivity index (χ0v) is 14.3. The second-order valence-electron chi connectivity index (χ2n) is 5.85. The Morgan fingerprint density at radius 2 is 2.20 bits per heavy atom. The normalized spacial score (nSPS) is 13.2. The van der Waals surface area contributed by atoms with Crippen molar-refractivity contribution in [1.82, 2.24) is 9.55 Å². The average Bonchev–Trinajstić information content (AvgIpc) is 2.95. The maximum atomic E-state index is 12.2. The third-order valence-electron chi connectivity index (χ3n) is 3.87. The van der Waals surface area contributed by atoms with Gasteiger partial charge in [0.05, 0.1) is 17.1 Å². The third kappa shape index (κ3) is 4.51. The number of aliphatic carboxylic acids is 1. The number of imidazole rings is 1. The summed E-state index contributed by atoms with van der Waals surface area (Å²) in [5, 5.41) is 11.6. The molecule has 1 aromatic heterocycles. The Kier molecular flexibility index (Phi) is 5.23. The minimum Gasteiger partial charge on any atom is -0.480 e. The van der Waals surface area contributed by atoms with E-state index in [1.54, 1.807) is 6.07 Å². The van der Waals surface area contributed by atoms with Crippen LogP contribution in [-0.2, 0) is 29.0 Å². The van der Waals surface area contributed by atoms with Crippen molar-refractivity contribution in [2.24, 2.45) is 0 Å². The molecule has 8 heteroatoms. The Bertz CT molecular complexity index is 780. The molecule has 1 aromatic carbocycles. The van der Waals surface area contributed by atoms with E-state index in [0.717, 1.165) is 37.3 Å². The number of carbonyl (C=O) groups excluding carboxylic acids is 1. The number of carboxylic acid groups (broad SMARTS) is 1. The van der Waals surface area contributed by atoms with Gasteiger partial charge in [-0.1, -0.05) is 11.6 Å². The van der Waals surface area contributed by atoms with E-state index in [9.17, 15) is 9.59 Å². The lowest BCUT2D eigenvalue weighted by Gasteiger charge is -2.11. The van der Waals surface area contributed by atoms with Crippen LogP contribution in [0.3, 0.4) is 0 Å². The Morgan fingerprint density at radius 3 is 2.92 bits per heavy atom. The van der Waals surface area contributed by atoms with E-state index in [-0.39, 0.29) is 23.1 Å². The van der Waals surface area contributed by atoms with Crippen LogP contribution < -0.4 is 10.1 Å². The molecule has 25 heavy (non-hydrogen) atoms. The standard InChI is InChI=1S/C17H18ClN3O4/c18-13-7-11(4-5-14(13)25-10-17(23)24)20-16(22)8-12-9-21-6-2-1-3-15(21)19-12/h4-5,7,9H,1-3,6,8,10H2,(H,20,22)(H,23,24). The SMILES string of the molecule is O=C(O)COc1ccc(NC(=O)Cc2cn3c(n2)CCCC3)cc1Cl. The smallest absolute Gasteiger partial charge is 0.341 e. The second-order valence-corrected chi connectivity index (χ2v) is 6.26. The van der Waals surface area contributed by atoms with Gasteiger partial charge in [0.15, 0.2) is 6.61 Å². The van der Waals surface area contributed by atoms with E-state index in [4.69, 9.17) is 21.4 Å². The van der Waals surface area contributed by atoms with Gasteiger partial charge in [-0.2, -0.15) is 0 Å². The summed E-state index contributed by atoms with van der Waals surface area (Å²) in [6.45, 7) is 0.480.